The van der Waals surface area contributed by atoms with Gasteiger partial charge in [0.05, 0.1) is 13.2 Å². The number of aromatic nitrogens is 1. The van der Waals surface area contributed by atoms with Crippen molar-refractivity contribution in [3.63, 3.8) is 0 Å². The number of hydrogen-bond acceptors (Lipinski definition) is 5. The molecule has 2 saturated heterocycles. The van der Waals surface area contributed by atoms with Crippen molar-refractivity contribution in [2.24, 2.45) is 0 Å². The second-order valence-corrected chi connectivity index (χ2v) is 6.99. The number of alkyl halides is 3. The van der Waals surface area contributed by atoms with E-state index in [-0.39, 0.29) is 11.4 Å². The Bertz CT molecular complexity index is 529. The van der Waals surface area contributed by atoms with Crippen LogP contribution in [0.15, 0.2) is 18.2 Å². The van der Waals surface area contributed by atoms with E-state index in [0.29, 0.717) is 19.8 Å². The molecule has 2 fully saturated rings. The summed E-state index contributed by atoms with van der Waals surface area (Å²) in [5.41, 5.74) is -0.881. The molecule has 0 bridgehead atoms. The standard InChI is InChI=1S/C15H20F3N3OS/c16-15(17,18)12-2-1-3-13(20-12)19-10-14(4-9-23-11-14)21-5-7-22-8-6-21/h1-3H,4-11H2,(H,19,20)/t14-/m0/s1. The Morgan fingerprint density at radius 2 is 2.09 bits per heavy atom. The number of anilines is 1. The Hall–Kier alpha value is -0.990. The zero-order valence-corrected chi connectivity index (χ0v) is 13.6. The summed E-state index contributed by atoms with van der Waals surface area (Å²) in [4.78, 5) is 6.11. The Morgan fingerprint density at radius 3 is 2.74 bits per heavy atom. The zero-order chi connectivity index (χ0) is 16.3. The molecule has 4 nitrogen and oxygen atoms in total. The monoisotopic (exact) mass is 347 g/mol. The summed E-state index contributed by atoms with van der Waals surface area (Å²) in [5, 5.41) is 3.13. The minimum absolute atomic E-state index is 0.0234. The van der Waals surface area contributed by atoms with Gasteiger partial charge in [-0.3, -0.25) is 4.90 Å². The van der Waals surface area contributed by atoms with Crippen molar-refractivity contribution in [2.75, 3.05) is 49.7 Å². The summed E-state index contributed by atoms with van der Waals surface area (Å²) in [5.74, 6) is 2.35. The lowest BCUT2D eigenvalue weighted by Gasteiger charge is -2.43. The van der Waals surface area contributed by atoms with Gasteiger partial charge in [-0.1, -0.05) is 6.07 Å². The van der Waals surface area contributed by atoms with Crippen LogP contribution in [0.5, 0.6) is 0 Å². The quantitative estimate of drug-likeness (QED) is 0.906. The lowest BCUT2D eigenvalue weighted by Crippen LogP contribution is -2.57. The molecule has 0 amide bonds. The molecule has 0 saturated carbocycles. The smallest absolute Gasteiger partial charge is 0.379 e. The molecule has 3 heterocycles. The summed E-state index contributed by atoms with van der Waals surface area (Å²) in [6.45, 7) is 3.79. The molecular formula is C15H20F3N3OS. The highest BCUT2D eigenvalue weighted by Gasteiger charge is 2.40. The van der Waals surface area contributed by atoms with Gasteiger partial charge in [0.15, 0.2) is 0 Å². The van der Waals surface area contributed by atoms with E-state index in [1.165, 1.54) is 6.07 Å². The Kier molecular flexibility index (Phi) is 5.03. The van der Waals surface area contributed by atoms with Gasteiger partial charge in [-0.2, -0.15) is 24.9 Å². The van der Waals surface area contributed by atoms with E-state index in [1.807, 2.05) is 11.8 Å². The van der Waals surface area contributed by atoms with E-state index in [2.05, 4.69) is 15.2 Å². The molecule has 0 aliphatic carbocycles. The topological polar surface area (TPSA) is 37.4 Å². The number of pyridine rings is 1. The van der Waals surface area contributed by atoms with E-state index in [0.717, 1.165) is 37.1 Å². The molecule has 1 aromatic rings. The fourth-order valence-electron chi connectivity index (χ4n) is 3.08. The molecule has 1 atom stereocenters. The van der Waals surface area contributed by atoms with Gasteiger partial charge in [0.1, 0.15) is 11.5 Å². The summed E-state index contributed by atoms with van der Waals surface area (Å²) in [7, 11) is 0. The van der Waals surface area contributed by atoms with Gasteiger partial charge < -0.3 is 10.1 Å². The molecule has 128 valence electrons. The second kappa shape index (κ2) is 6.86. The number of nitrogens with one attached hydrogen (secondary N) is 1. The van der Waals surface area contributed by atoms with Gasteiger partial charge in [-0.15, -0.1) is 0 Å². The Balaban J connectivity index is 1.70. The summed E-state index contributed by atoms with van der Waals surface area (Å²) < 4.78 is 43.7. The van der Waals surface area contributed by atoms with E-state index in [1.54, 1.807) is 6.07 Å². The maximum Gasteiger partial charge on any atom is 0.433 e. The summed E-state index contributed by atoms with van der Waals surface area (Å²) >= 11 is 1.89. The molecule has 0 radical (unpaired) electrons. The maximum absolute atomic E-state index is 12.8. The lowest BCUT2D eigenvalue weighted by atomic mass is 9.95. The minimum Gasteiger partial charge on any atom is -0.379 e. The van der Waals surface area contributed by atoms with E-state index >= 15 is 0 Å². The van der Waals surface area contributed by atoms with Crippen LogP contribution in [0.4, 0.5) is 19.0 Å². The first kappa shape index (κ1) is 16.9. The van der Waals surface area contributed by atoms with Gasteiger partial charge in [0, 0.05) is 30.9 Å². The first-order chi connectivity index (χ1) is 11.0. The molecule has 8 heteroatoms. The molecular weight excluding hydrogens is 327 g/mol. The van der Waals surface area contributed by atoms with E-state index in [4.69, 9.17) is 4.74 Å². The molecule has 3 rings (SSSR count). The fourth-order valence-corrected chi connectivity index (χ4v) is 4.56. The molecule has 23 heavy (non-hydrogen) atoms. The van der Waals surface area contributed by atoms with Crippen molar-refractivity contribution < 1.29 is 17.9 Å². The average Bonchev–Trinajstić information content (AvgIpc) is 3.04. The van der Waals surface area contributed by atoms with Crippen LogP contribution in [0, 0.1) is 0 Å². The number of hydrogen-bond donors (Lipinski definition) is 1. The molecule has 1 N–H and O–H groups in total. The highest BCUT2D eigenvalue weighted by molar-refractivity contribution is 7.99. The van der Waals surface area contributed by atoms with Crippen LogP contribution in [-0.2, 0) is 10.9 Å². The highest BCUT2D eigenvalue weighted by atomic mass is 32.2. The summed E-state index contributed by atoms with van der Waals surface area (Å²) in [6, 6.07) is 3.97. The predicted molar refractivity (Wildman–Crippen MR) is 84.8 cm³/mol. The largest absolute Gasteiger partial charge is 0.433 e. The van der Waals surface area contributed by atoms with Crippen LogP contribution in [0.3, 0.4) is 0 Å². The SMILES string of the molecule is FC(F)(F)c1cccc(NC[C@@]2(N3CCOCC3)CCSC2)n1. The van der Waals surface area contributed by atoms with Crippen LogP contribution < -0.4 is 5.32 Å². The number of ether oxygens (including phenoxy) is 1. The van der Waals surface area contributed by atoms with Crippen LogP contribution >= 0.6 is 11.8 Å². The number of thioether (sulfide) groups is 1. The van der Waals surface area contributed by atoms with Gasteiger partial charge in [-0.05, 0) is 24.3 Å². The van der Waals surface area contributed by atoms with Crippen molar-refractivity contribution in [1.29, 1.82) is 0 Å². The van der Waals surface area contributed by atoms with Crippen molar-refractivity contribution in [2.45, 2.75) is 18.1 Å². The highest BCUT2D eigenvalue weighted by Crippen LogP contribution is 2.34. The van der Waals surface area contributed by atoms with Crippen LogP contribution in [0.2, 0.25) is 0 Å². The molecule has 1 aromatic heterocycles. The van der Waals surface area contributed by atoms with Gasteiger partial charge >= 0.3 is 6.18 Å². The van der Waals surface area contributed by atoms with Gasteiger partial charge in [0.25, 0.3) is 0 Å². The normalized spacial score (nSPS) is 26.4. The van der Waals surface area contributed by atoms with Gasteiger partial charge in [-0.25, -0.2) is 4.98 Å². The minimum atomic E-state index is -4.41. The molecule has 2 aliphatic heterocycles. The Morgan fingerprint density at radius 1 is 1.30 bits per heavy atom. The van der Waals surface area contributed by atoms with Crippen LogP contribution in [0.25, 0.3) is 0 Å². The number of morpholine rings is 1. The van der Waals surface area contributed by atoms with Gasteiger partial charge in [0.2, 0.25) is 0 Å². The molecule has 0 spiro atoms. The molecule has 2 aliphatic rings. The Labute approximate surface area is 137 Å². The number of nitrogens with zero attached hydrogens (tertiary/aromatic N) is 2. The third-order valence-electron chi connectivity index (χ3n) is 4.40. The van der Waals surface area contributed by atoms with E-state index < -0.39 is 11.9 Å². The fraction of sp³-hybridized carbons (Fsp3) is 0.667. The number of rotatable bonds is 4. The first-order valence-electron chi connectivity index (χ1n) is 7.68. The maximum atomic E-state index is 12.8. The van der Waals surface area contributed by atoms with Crippen LogP contribution in [-0.4, -0.2) is 59.8 Å². The molecule has 0 aromatic carbocycles. The first-order valence-corrected chi connectivity index (χ1v) is 8.84. The van der Waals surface area contributed by atoms with Crippen molar-refractivity contribution in [3.8, 4) is 0 Å². The van der Waals surface area contributed by atoms with Crippen molar-refractivity contribution >= 4 is 17.6 Å². The third kappa shape index (κ3) is 3.92. The summed E-state index contributed by atoms with van der Waals surface area (Å²) in [6.07, 6.45) is -3.38. The number of halogens is 3. The third-order valence-corrected chi connectivity index (χ3v) is 5.64. The predicted octanol–water partition coefficient (Wildman–Crippen LogP) is 2.72. The van der Waals surface area contributed by atoms with E-state index in [9.17, 15) is 13.2 Å². The molecule has 0 unspecified atom stereocenters. The lowest BCUT2D eigenvalue weighted by molar-refractivity contribution is -0.141. The second-order valence-electron chi connectivity index (χ2n) is 5.89. The van der Waals surface area contributed by atoms with Crippen molar-refractivity contribution in [3.05, 3.63) is 23.9 Å². The average molecular weight is 347 g/mol. The van der Waals surface area contributed by atoms with Crippen LogP contribution in [0.1, 0.15) is 12.1 Å². The zero-order valence-electron chi connectivity index (χ0n) is 12.7. The van der Waals surface area contributed by atoms with Crippen molar-refractivity contribution in [1.82, 2.24) is 9.88 Å².